The summed E-state index contributed by atoms with van der Waals surface area (Å²) in [5.41, 5.74) is -2.49. The molecular formula is C24H26F3IN2O3. The molecule has 33 heavy (non-hydrogen) atoms. The van der Waals surface area contributed by atoms with E-state index in [0.29, 0.717) is 16.4 Å². The van der Waals surface area contributed by atoms with E-state index in [0.717, 1.165) is 31.4 Å². The van der Waals surface area contributed by atoms with Gasteiger partial charge in [0.05, 0.1) is 41.2 Å². The number of anilines is 2. The SMILES string of the molecule is CC1(O)CCCC1CCC1(O)CN(C(=O)c2ccc(F)c(F)c2Nc2ccc(I)cc2F)C1. The molecule has 5 nitrogen and oxygen atoms in total. The van der Waals surface area contributed by atoms with Crippen molar-refractivity contribution >= 4 is 39.9 Å². The largest absolute Gasteiger partial charge is 0.390 e. The first-order chi connectivity index (χ1) is 15.5. The van der Waals surface area contributed by atoms with Crippen molar-refractivity contribution in [2.45, 2.75) is 50.2 Å². The summed E-state index contributed by atoms with van der Waals surface area (Å²) >= 11 is 1.93. The van der Waals surface area contributed by atoms with Crippen LogP contribution in [0.25, 0.3) is 0 Å². The molecule has 1 heterocycles. The molecule has 0 aromatic heterocycles. The zero-order chi connectivity index (χ0) is 24.0. The van der Waals surface area contributed by atoms with Crippen LogP contribution in [-0.4, -0.2) is 45.3 Å². The molecule has 2 aliphatic rings. The van der Waals surface area contributed by atoms with Gasteiger partial charge in [-0.3, -0.25) is 4.79 Å². The number of carbonyl (C=O) groups is 1. The van der Waals surface area contributed by atoms with Gasteiger partial charge in [-0.25, -0.2) is 13.2 Å². The summed E-state index contributed by atoms with van der Waals surface area (Å²) in [5, 5.41) is 23.7. The Morgan fingerprint density at radius 2 is 1.91 bits per heavy atom. The van der Waals surface area contributed by atoms with Crippen LogP contribution in [0.5, 0.6) is 0 Å². The van der Waals surface area contributed by atoms with Gasteiger partial charge in [-0.15, -0.1) is 0 Å². The molecule has 0 bridgehead atoms. The number of nitrogens with one attached hydrogen (secondary N) is 1. The molecule has 2 unspecified atom stereocenters. The third kappa shape index (κ3) is 5.00. The van der Waals surface area contributed by atoms with Crippen molar-refractivity contribution in [2.24, 2.45) is 5.92 Å². The maximum atomic E-state index is 14.6. The maximum Gasteiger partial charge on any atom is 0.256 e. The van der Waals surface area contributed by atoms with Crippen LogP contribution >= 0.6 is 22.6 Å². The minimum Gasteiger partial charge on any atom is -0.390 e. The minimum atomic E-state index is -1.28. The lowest BCUT2D eigenvalue weighted by Gasteiger charge is -2.47. The fourth-order valence-electron chi connectivity index (χ4n) is 4.83. The Labute approximate surface area is 204 Å². The van der Waals surface area contributed by atoms with E-state index in [2.05, 4.69) is 5.32 Å². The van der Waals surface area contributed by atoms with Crippen LogP contribution < -0.4 is 5.32 Å². The second-order valence-electron chi connectivity index (χ2n) is 9.40. The van der Waals surface area contributed by atoms with Crippen molar-refractivity contribution in [1.29, 1.82) is 0 Å². The molecule has 3 N–H and O–H groups in total. The third-order valence-electron chi connectivity index (χ3n) is 6.85. The van der Waals surface area contributed by atoms with Gasteiger partial charge < -0.3 is 20.4 Å². The van der Waals surface area contributed by atoms with Gasteiger partial charge in [0, 0.05) is 3.57 Å². The number of hydrogen-bond acceptors (Lipinski definition) is 4. The van der Waals surface area contributed by atoms with Crippen molar-refractivity contribution in [3.63, 3.8) is 0 Å². The third-order valence-corrected chi connectivity index (χ3v) is 7.52. The molecule has 4 rings (SSSR count). The molecule has 2 fully saturated rings. The first kappa shape index (κ1) is 24.3. The van der Waals surface area contributed by atoms with Crippen LogP contribution in [0.15, 0.2) is 30.3 Å². The van der Waals surface area contributed by atoms with Crippen molar-refractivity contribution < 1.29 is 28.2 Å². The predicted molar refractivity (Wildman–Crippen MR) is 127 cm³/mol. The number of aliphatic hydroxyl groups is 2. The average Bonchev–Trinajstić information content (AvgIpc) is 3.07. The molecule has 1 aliphatic heterocycles. The second-order valence-corrected chi connectivity index (χ2v) is 10.6. The molecule has 1 aliphatic carbocycles. The topological polar surface area (TPSA) is 72.8 Å². The normalized spacial score (nSPS) is 24.0. The molecule has 1 amide bonds. The summed E-state index contributed by atoms with van der Waals surface area (Å²) in [7, 11) is 0. The fourth-order valence-corrected chi connectivity index (χ4v) is 5.29. The molecular weight excluding hydrogens is 548 g/mol. The zero-order valence-corrected chi connectivity index (χ0v) is 20.3. The predicted octanol–water partition coefficient (Wildman–Crippen LogP) is 4.97. The van der Waals surface area contributed by atoms with Crippen molar-refractivity contribution in [1.82, 2.24) is 4.90 Å². The first-order valence-corrected chi connectivity index (χ1v) is 12.0. The van der Waals surface area contributed by atoms with Crippen molar-refractivity contribution in [3.05, 3.63) is 56.9 Å². The number of hydrogen-bond donors (Lipinski definition) is 3. The Morgan fingerprint density at radius 3 is 2.55 bits per heavy atom. The number of β-amino-alcohol motifs (C(OH)–C–C–N with tert-alkyl or cyclic N) is 1. The average molecular weight is 574 g/mol. The fraction of sp³-hybridized carbons (Fsp3) is 0.458. The molecule has 0 radical (unpaired) electrons. The molecule has 1 saturated carbocycles. The van der Waals surface area contributed by atoms with Gasteiger partial charge in [0.15, 0.2) is 11.6 Å². The Balaban J connectivity index is 1.47. The quantitative estimate of drug-likeness (QED) is 0.427. The molecule has 178 valence electrons. The number of likely N-dealkylation sites (tertiary alicyclic amines) is 1. The number of benzene rings is 2. The lowest BCUT2D eigenvalue weighted by Crippen LogP contribution is -2.63. The Bertz CT molecular complexity index is 1070. The van der Waals surface area contributed by atoms with Gasteiger partial charge in [-0.05, 0) is 91.4 Å². The van der Waals surface area contributed by atoms with Crippen LogP contribution in [0.1, 0.15) is 49.4 Å². The van der Waals surface area contributed by atoms with E-state index >= 15 is 0 Å². The van der Waals surface area contributed by atoms with Gasteiger partial charge >= 0.3 is 0 Å². The number of rotatable bonds is 6. The van der Waals surface area contributed by atoms with Crippen molar-refractivity contribution in [2.75, 3.05) is 18.4 Å². The van der Waals surface area contributed by atoms with Gasteiger partial charge in [0.1, 0.15) is 5.82 Å². The summed E-state index contributed by atoms with van der Waals surface area (Å²) in [6, 6.07) is 6.23. The molecule has 2 aromatic carbocycles. The van der Waals surface area contributed by atoms with Crippen LogP contribution in [0.4, 0.5) is 24.5 Å². The number of amides is 1. The first-order valence-electron chi connectivity index (χ1n) is 10.9. The summed E-state index contributed by atoms with van der Waals surface area (Å²) < 4.78 is 43.5. The highest BCUT2D eigenvalue weighted by molar-refractivity contribution is 14.1. The van der Waals surface area contributed by atoms with E-state index < -0.39 is 40.2 Å². The minimum absolute atomic E-state index is 0.0526. The van der Waals surface area contributed by atoms with Crippen LogP contribution in [0.2, 0.25) is 0 Å². The number of nitrogens with zero attached hydrogens (tertiary/aromatic N) is 1. The second kappa shape index (κ2) is 9.07. The summed E-state index contributed by atoms with van der Waals surface area (Å²) in [5.74, 6) is -3.58. The Morgan fingerprint density at radius 1 is 1.18 bits per heavy atom. The lowest BCUT2D eigenvalue weighted by atomic mass is 9.81. The highest BCUT2D eigenvalue weighted by atomic mass is 127. The molecule has 0 spiro atoms. The molecule has 2 atom stereocenters. The summed E-state index contributed by atoms with van der Waals surface area (Å²) in [6.07, 6.45) is 3.69. The van der Waals surface area contributed by atoms with Gasteiger partial charge in [-0.1, -0.05) is 6.42 Å². The monoisotopic (exact) mass is 574 g/mol. The molecule has 9 heteroatoms. The van der Waals surface area contributed by atoms with Gasteiger partial charge in [0.2, 0.25) is 0 Å². The van der Waals surface area contributed by atoms with E-state index in [-0.39, 0.29) is 30.3 Å². The highest BCUT2D eigenvalue weighted by Crippen LogP contribution is 2.41. The number of carbonyl (C=O) groups excluding carboxylic acids is 1. The standard InChI is InChI=1S/C24H26F3IN2O3/c1-23(32)9-2-3-14(23)8-10-24(33)12-30(13-24)22(31)16-5-6-17(25)20(27)21(16)29-19-7-4-15(28)11-18(19)26/h4-7,11,14,29,32-33H,2-3,8-10,12-13H2,1H3. The van der Waals surface area contributed by atoms with Gasteiger partial charge in [0.25, 0.3) is 5.91 Å². The van der Waals surface area contributed by atoms with Crippen LogP contribution in [-0.2, 0) is 0 Å². The highest BCUT2D eigenvalue weighted by Gasteiger charge is 2.46. The number of halogens is 4. The van der Waals surface area contributed by atoms with Crippen LogP contribution in [0, 0.1) is 26.9 Å². The van der Waals surface area contributed by atoms with E-state index in [1.54, 1.807) is 6.07 Å². The Hall–Kier alpha value is -1.85. The Kier molecular flexibility index (Phi) is 6.67. The summed E-state index contributed by atoms with van der Waals surface area (Å²) in [4.78, 5) is 14.4. The van der Waals surface area contributed by atoms with Crippen molar-refractivity contribution in [3.8, 4) is 0 Å². The molecule has 1 saturated heterocycles. The van der Waals surface area contributed by atoms with E-state index in [4.69, 9.17) is 0 Å². The summed E-state index contributed by atoms with van der Waals surface area (Å²) in [6.45, 7) is 1.92. The van der Waals surface area contributed by atoms with Crippen LogP contribution in [0.3, 0.4) is 0 Å². The van der Waals surface area contributed by atoms with E-state index in [1.807, 2.05) is 29.5 Å². The lowest BCUT2D eigenvalue weighted by molar-refractivity contribution is -0.0934. The smallest absolute Gasteiger partial charge is 0.256 e. The van der Waals surface area contributed by atoms with E-state index in [9.17, 15) is 28.2 Å². The zero-order valence-electron chi connectivity index (χ0n) is 18.2. The van der Waals surface area contributed by atoms with E-state index in [1.165, 1.54) is 17.0 Å². The molecule has 2 aromatic rings. The maximum absolute atomic E-state index is 14.6. The van der Waals surface area contributed by atoms with Gasteiger partial charge in [-0.2, -0.15) is 0 Å².